The average Bonchev–Trinajstić information content (AvgIpc) is 2.46. The molecule has 1 amide bonds. The normalized spacial score (nSPS) is 16.3. The molecule has 19 heavy (non-hydrogen) atoms. The van der Waals surface area contributed by atoms with Crippen LogP contribution < -0.4 is 0 Å². The maximum absolute atomic E-state index is 12.9. The SMILES string of the molecule is O=C(c1ccc(F)cc1)N(CCO)C1CCCCC1. The molecule has 0 spiro atoms. The predicted octanol–water partition coefficient (Wildman–Crippen LogP) is 2.59. The molecule has 1 N–H and O–H groups in total. The Bertz CT molecular complexity index is 413. The van der Waals surface area contributed by atoms with Crippen LogP contribution in [-0.4, -0.2) is 35.1 Å². The third-order valence-electron chi connectivity index (χ3n) is 3.71. The van der Waals surface area contributed by atoms with Gasteiger partial charge in [-0.1, -0.05) is 19.3 Å². The van der Waals surface area contributed by atoms with Gasteiger partial charge in [0.1, 0.15) is 5.82 Å². The third kappa shape index (κ3) is 3.53. The van der Waals surface area contributed by atoms with Crippen LogP contribution in [0.5, 0.6) is 0 Å². The number of hydrogen-bond donors (Lipinski definition) is 1. The quantitative estimate of drug-likeness (QED) is 0.909. The minimum Gasteiger partial charge on any atom is -0.395 e. The van der Waals surface area contributed by atoms with Gasteiger partial charge in [-0.25, -0.2) is 4.39 Å². The molecular formula is C15H20FNO2. The fourth-order valence-corrected chi connectivity index (χ4v) is 2.71. The van der Waals surface area contributed by atoms with Crippen LogP contribution in [0.3, 0.4) is 0 Å². The van der Waals surface area contributed by atoms with E-state index in [4.69, 9.17) is 5.11 Å². The molecule has 1 aromatic rings. The van der Waals surface area contributed by atoms with E-state index in [1.54, 1.807) is 4.90 Å². The highest BCUT2D eigenvalue weighted by Gasteiger charge is 2.25. The zero-order valence-corrected chi connectivity index (χ0v) is 11.0. The van der Waals surface area contributed by atoms with Crippen LogP contribution in [0, 0.1) is 5.82 Å². The number of rotatable bonds is 4. The Morgan fingerprint density at radius 1 is 1.21 bits per heavy atom. The van der Waals surface area contributed by atoms with Crippen LogP contribution in [0.1, 0.15) is 42.5 Å². The third-order valence-corrected chi connectivity index (χ3v) is 3.71. The van der Waals surface area contributed by atoms with Crippen molar-refractivity contribution in [1.29, 1.82) is 0 Å². The molecule has 0 heterocycles. The molecule has 0 atom stereocenters. The van der Waals surface area contributed by atoms with Gasteiger partial charge in [0, 0.05) is 18.2 Å². The zero-order valence-electron chi connectivity index (χ0n) is 11.0. The Kier molecular flexibility index (Phi) is 4.91. The molecule has 1 saturated carbocycles. The summed E-state index contributed by atoms with van der Waals surface area (Å²) in [6.07, 6.45) is 5.46. The van der Waals surface area contributed by atoms with Crippen LogP contribution >= 0.6 is 0 Å². The number of amides is 1. The summed E-state index contributed by atoms with van der Waals surface area (Å²) in [5.41, 5.74) is 0.487. The largest absolute Gasteiger partial charge is 0.395 e. The Morgan fingerprint density at radius 3 is 2.42 bits per heavy atom. The molecular weight excluding hydrogens is 245 g/mol. The second-order valence-electron chi connectivity index (χ2n) is 5.02. The van der Waals surface area contributed by atoms with Gasteiger partial charge >= 0.3 is 0 Å². The summed E-state index contributed by atoms with van der Waals surface area (Å²) in [5, 5.41) is 9.15. The summed E-state index contributed by atoms with van der Waals surface area (Å²) in [7, 11) is 0. The summed E-state index contributed by atoms with van der Waals surface area (Å²) in [6.45, 7) is 0.310. The fraction of sp³-hybridized carbons (Fsp3) is 0.533. The van der Waals surface area contributed by atoms with Gasteiger partial charge in [-0.05, 0) is 37.1 Å². The average molecular weight is 265 g/mol. The molecule has 0 saturated heterocycles. The number of aliphatic hydroxyl groups excluding tert-OH is 1. The van der Waals surface area contributed by atoms with Crippen molar-refractivity contribution in [3.8, 4) is 0 Å². The van der Waals surface area contributed by atoms with E-state index >= 15 is 0 Å². The van der Waals surface area contributed by atoms with Crippen LogP contribution in [0.4, 0.5) is 4.39 Å². The Balaban J connectivity index is 2.13. The summed E-state index contributed by atoms with van der Waals surface area (Å²) in [5.74, 6) is -0.455. The smallest absolute Gasteiger partial charge is 0.254 e. The minimum atomic E-state index is -0.345. The molecule has 0 unspecified atom stereocenters. The van der Waals surface area contributed by atoms with E-state index < -0.39 is 0 Å². The molecule has 3 nitrogen and oxygen atoms in total. The summed E-state index contributed by atoms with van der Waals surface area (Å²) < 4.78 is 12.9. The van der Waals surface area contributed by atoms with E-state index in [-0.39, 0.29) is 24.4 Å². The summed E-state index contributed by atoms with van der Waals surface area (Å²) >= 11 is 0. The minimum absolute atomic E-state index is 0.0383. The lowest BCUT2D eigenvalue weighted by Gasteiger charge is -2.34. The molecule has 0 aromatic heterocycles. The highest BCUT2D eigenvalue weighted by atomic mass is 19.1. The topological polar surface area (TPSA) is 40.5 Å². The van der Waals surface area contributed by atoms with E-state index in [9.17, 15) is 9.18 Å². The van der Waals surface area contributed by atoms with Gasteiger partial charge < -0.3 is 10.0 Å². The first-order valence-electron chi connectivity index (χ1n) is 6.90. The van der Waals surface area contributed by atoms with Gasteiger partial charge in [0.25, 0.3) is 5.91 Å². The molecule has 1 aromatic carbocycles. The van der Waals surface area contributed by atoms with Crippen LogP contribution in [0.25, 0.3) is 0 Å². The highest BCUT2D eigenvalue weighted by molar-refractivity contribution is 5.94. The molecule has 2 rings (SSSR count). The summed E-state index contributed by atoms with van der Waals surface area (Å²) in [6, 6.07) is 5.81. The second kappa shape index (κ2) is 6.66. The molecule has 104 valence electrons. The van der Waals surface area contributed by atoms with E-state index in [2.05, 4.69) is 0 Å². The lowest BCUT2D eigenvalue weighted by molar-refractivity contribution is 0.0585. The predicted molar refractivity (Wildman–Crippen MR) is 71.4 cm³/mol. The highest BCUT2D eigenvalue weighted by Crippen LogP contribution is 2.24. The van der Waals surface area contributed by atoms with Crippen LogP contribution in [0.15, 0.2) is 24.3 Å². The lowest BCUT2D eigenvalue weighted by atomic mass is 9.93. The van der Waals surface area contributed by atoms with Crippen molar-refractivity contribution in [2.24, 2.45) is 0 Å². The first-order chi connectivity index (χ1) is 9.22. The number of carbonyl (C=O) groups excluding carboxylic acids is 1. The van der Waals surface area contributed by atoms with Crippen molar-refractivity contribution in [3.63, 3.8) is 0 Å². The Labute approximate surface area is 113 Å². The van der Waals surface area contributed by atoms with Crippen LogP contribution in [-0.2, 0) is 0 Å². The van der Waals surface area contributed by atoms with Gasteiger partial charge in [0.05, 0.1) is 6.61 Å². The van der Waals surface area contributed by atoms with E-state index in [0.717, 1.165) is 25.7 Å². The Morgan fingerprint density at radius 2 is 1.84 bits per heavy atom. The van der Waals surface area contributed by atoms with Crippen molar-refractivity contribution in [2.45, 2.75) is 38.1 Å². The zero-order chi connectivity index (χ0) is 13.7. The molecule has 0 radical (unpaired) electrons. The standard InChI is InChI=1S/C15H20FNO2/c16-13-8-6-12(7-9-13)15(19)17(10-11-18)14-4-2-1-3-5-14/h6-9,14,18H,1-5,10-11H2. The van der Waals surface area contributed by atoms with E-state index in [1.807, 2.05) is 0 Å². The van der Waals surface area contributed by atoms with Gasteiger partial charge in [0.15, 0.2) is 0 Å². The van der Waals surface area contributed by atoms with Crippen molar-refractivity contribution in [3.05, 3.63) is 35.6 Å². The number of nitrogens with zero attached hydrogens (tertiary/aromatic N) is 1. The molecule has 1 fully saturated rings. The van der Waals surface area contributed by atoms with Crippen molar-refractivity contribution >= 4 is 5.91 Å². The maximum atomic E-state index is 12.9. The maximum Gasteiger partial charge on any atom is 0.254 e. The second-order valence-corrected chi connectivity index (χ2v) is 5.02. The fourth-order valence-electron chi connectivity index (χ4n) is 2.71. The molecule has 1 aliphatic rings. The molecule has 0 bridgehead atoms. The summed E-state index contributed by atoms with van der Waals surface area (Å²) in [4.78, 5) is 14.2. The van der Waals surface area contributed by atoms with E-state index in [0.29, 0.717) is 12.1 Å². The van der Waals surface area contributed by atoms with Gasteiger partial charge in [-0.15, -0.1) is 0 Å². The van der Waals surface area contributed by atoms with Gasteiger partial charge in [-0.3, -0.25) is 4.79 Å². The van der Waals surface area contributed by atoms with Crippen LogP contribution in [0.2, 0.25) is 0 Å². The van der Waals surface area contributed by atoms with Gasteiger partial charge in [0.2, 0.25) is 0 Å². The molecule has 0 aliphatic heterocycles. The first kappa shape index (κ1) is 14.0. The number of aliphatic hydroxyl groups is 1. The Hall–Kier alpha value is -1.42. The van der Waals surface area contributed by atoms with Crippen molar-refractivity contribution in [2.75, 3.05) is 13.2 Å². The van der Waals surface area contributed by atoms with Gasteiger partial charge in [-0.2, -0.15) is 0 Å². The number of halogens is 1. The monoisotopic (exact) mass is 265 g/mol. The molecule has 1 aliphatic carbocycles. The lowest BCUT2D eigenvalue weighted by Crippen LogP contribution is -2.43. The molecule has 4 heteroatoms. The number of hydrogen-bond acceptors (Lipinski definition) is 2. The van der Waals surface area contributed by atoms with Crippen molar-refractivity contribution < 1.29 is 14.3 Å². The number of carbonyl (C=O) groups is 1. The number of benzene rings is 1. The van der Waals surface area contributed by atoms with E-state index in [1.165, 1.54) is 30.7 Å². The van der Waals surface area contributed by atoms with Crippen molar-refractivity contribution in [1.82, 2.24) is 4.90 Å². The first-order valence-corrected chi connectivity index (χ1v) is 6.90.